The minimum absolute atomic E-state index is 0.0625. The lowest BCUT2D eigenvalue weighted by Gasteiger charge is -2.35. The lowest BCUT2D eigenvalue weighted by atomic mass is 9.81. The Hall–Kier alpha value is -2.37. The van der Waals surface area contributed by atoms with Crippen molar-refractivity contribution in [3.63, 3.8) is 0 Å². The second-order valence-corrected chi connectivity index (χ2v) is 7.09. The van der Waals surface area contributed by atoms with Crippen molar-refractivity contribution < 1.29 is 19.5 Å². The second kappa shape index (κ2) is 8.34. The molecule has 0 saturated carbocycles. The molecule has 1 saturated heterocycles. The Kier molecular flexibility index (Phi) is 6.40. The summed E-state index contributed by atoms with van der Waals surface area (Å²) in [5, 5.41) is 12.5. The van der Waals surface area contributed by atoms with Crippen LogP contribution in [0, 0.1) is 5.92 Å². The van der Waals surface area contributed by atoms with Crippen LogP contribution in [0.1, 0.15) is 45.6 Å². The van der Waals surface area contributed by atoms with Gasteiger partial charge < -0.3 is 15.3 Å². The first-order chi connectivity index (χ1) is 12.3. The van der Waals surface area contributed by atoms with E-state index >= 15 is 0 Å². The van der Waals surface area contributed by atoms with E-state index in [1.54, 1.807) is 0 Å². The molecule has 1 aromatic carbocycles. The summed E-state index contributed by atoms with van der Waals surface area (Å²) in [7, 11) is 0. The van der Waals surface area contributed by atoms with Crippen LogP contribution in [-0.2, 0) is 20.8 Å². The molecule has 26 heavy (non-hydrogen) atoms. The van der Waals surface area contributed by atoms with Gasteiger partial charge in [0.1, 0.15) is 11.6 Å². The number of amides is 2. The van der Waals surface area contributed by atoms with E-state index < -0.39 is 17.6 Å². The average molecular weight is 360 g/mol. The van der Waals surface area contributed by atoms with E-state index in [1.165, 1.54) is 11.8 Å². The highest BCUT2D eigenvalue weighted by atomic mass is 16.4. The first-order valence-electron chi connectivity index (χ1n) is 9.18. The van der Waals surface area contributed by atoms with Crippen LogP contribution in [0.4, 0.5) is 0 Å². The Bertz CT molecular complexity index is 661. The summed E-state index contributed by atoms with van der Waals surface area (Å²) < 4.78 is 0. The number of carbonyl (C=O) groups excluding carboxylic acids is 2. The van der Waals surface area contributed by atoms with Crippen LogP contribution in [0.5, 0.6) is 0 Å². The van der Waals surface area contributed by atoms with Gasteiger partial charge in [0.25, 0.3) is 0 Å². The highest BCUT2D eigenvalue weighted by molar-refractivity contribution is 5.95. The summed E-state index contributed by atoms with van der Waals surface area (Å²) in [6, 6.07) is 8.75. The van der Waals surface area contributed by atoms with E-state index in [9.17, 15) is 19.5 Å². The summed E-state index contributed by atoms with van der Waals surface area (Å²) in [6.07, 6.45) is 2.09. The number of benzene rings is 1. The molecule has 2 N–H and O–H groups in total. The van der Waals surface area contributed by atoms with Gasteiger partial charge in [0.15, 0.2) is 0 Å². The van der Waals surface area contributed by atoms with Gasteiger partial charge in [0, 0.05) is 13.5 Å². The number of aryl methyl sites for hydroxylation is 1. The Labute approximate surface area is 154 Å². The molecule has 2 rings (SSSR count). The predicted octanol–water partition coefficient (Wildman–Crippen LogP) is 2.23. The number of likely N-dealkylation sites (tertiary alicyclic amines) is 1. The maximum Gasteiger partial charge on any atom is 0.326 e. The van der Waals surface area contributed by atoms with Crippen LogP contribution in [0.15, 0.2) is 30.3 Å². The molecule has 0 radical (unpaired) electrons. The summed E-state index contributed by atoms with van der Waals surface area (Å²) in [5.41, 5.74) is 0.0431. The SMILES string of the molecule is CC[C@H](C)[C@@]1(NC(C)=O)CCN([C@@H](CCc2ccccc2)C(=O)O)C1=O. The molecule has 0 spiro atoms. The van der Waals surface area contributed by atoms with Crippen molar-refractivity contribution in [3.8, 4) is 0 Å². The van der Waals surface area contributed by atoms with E-state index in [2.05, 4.69) is 5.32 Å². The fraction of sp³-hybridized carbons (Fsp3) is 0.550. The molecule has 0 aliphatic carbocycles. The molecule has 1 heterocycles. The van der Waals surface area contributed by atoms with E-state index in [0.717, 1.165) is 12.0 Å². The van der Waals surface area contributed by atoms with Crippen molar-refractivity contribution in [1.29, 1.82) is 0 Å². The van der Waals surface area contributed by atoms with Crippen LogP contribution in [0.2, 0.25) is 0 Å². The van der Waals surface area contributed by atoms with Gasteiger partial charge in [-0.3, -0.25) is 9.59 Å². The van der Waals surface area contributed by atoms with E-state index in [1.807, 2.05) is 44.2 Å². The molecular weight excluding hydrogens is 332 g/mol. The Morgan fingerprint density at radius 3 is 2.50 bits per heavy atom. The van der Waals surface area contributed by atoms with Crippen LogP contribution < -0.4 is 5.32 Å². The monoisotopic (exact) mass is 360 g/mol. The smallest absolute Gasteiger partial charge is 0.326 e. The molecule has 3 atom stereocenters. The topological polar surface area (TPSA) is 86.7 Å². The normalized spacial score (nSPS) is 22.1. The molecule has 1 aliphatic heterocycles. The van der Waals surface area contributed by atoms with Gasteiger partial charge in [-0.05, 0) is 30.7 Å². The largest absolute Gasteiger partial charge is 0.480 e. The van der Waals surface area contributed by atoms with Gasteiger partial charge in [-0.25, -0.2) is 4.79 Å². The third-order valence-corrected chi connectivity index (χ3v) is 5.45. The van der Waals surface area contributed by atoms with Crippen LogP contribution in [-0.4, -0.2) is 45.9 Å². The summed E-state index contributed by atoms with van der Waals surface area (Å²) >= 11 is 0. The van der Waals surface area contributed by atoms with Crippen molar-refractivity contribution in [1.82, 2.24) is 10.2 Å². The molecule has 2 amide bonds. The van der Waals surface area contributed by atoms with Crippen LogP contribution in [0.25, 0.3) is 0 Å². The lowest BCUT2D eigenvalue weighted by molar-refractivity contribution is -0.151. The second-order valence-electron chi connectivity index (χ2n) is 7.09. The van der Waals surface area contributed by atoms with Gasteiger partial charge in [0.05, 0.1) is 0 Å². The predicted molar refractivity (Wildman–Crippen MR) is 98.5 cm³/mol. The number of rotatable bonds is 8. The maximum absolute atomic E-state index is 13.2. The first-order valence-corrected chi connectivity index (χ1v) is 9.18. The van der Waals surface area contributed by atoms with Crippen LogP contribution in [0.3, 0.4) is 0 Å². The lowest BCUT2D eigenvalue weighted by Crippen LogP contribution is -2.59. The number of nitrogens with one attached hydrogen (secondary N) is 1. The molecule has 0 aromatic heterocycles. The van der Waals surface area contributed by atoms with Crippen molar-refractivity contribution in [2.75, 3.05) is 6.54 Å². The minimum atomic E-state index is -1.00. The molecule has 1 aromatic rings. The van der Waals surface area contributed by atoms with Crippen LogP contribution >= 0.6 is 0 Å². The van der Waals surface area contributed by atoms with Crippen molar-refractivity contribution >= 4 is 17.8 Å². The number of hydrogen-bond donors (Lipinski definition) is 2. The van der Waals surface area contributed by atoms with Gasteiger partial charge in [-0.2, -0.15) is 0 Å². The molecule has 0 bridgehead atoms. The third-order valence-electron chi connectivity index (χ3n) is 5.45. The van der Waals surface area contributed by atoms with Gasteiger partial charge in [-0.1, -0.05) is 50.6 Å². The zero-order chi connectivity index (χ0) is 19.3. The molecule has 0 unspecified atom stereocenters. The molecule has 6 heteroatoms. The van der Waals surface area contributed by atoms with Gasteiger partial charge in [-0.15, -0.1) is 0 Å². The highest BCUT2D eigenvalue weighted by Crippen LogP contribution is 2.34. The van der Waals surface area contributed by atoms with E-state index in [-0.39, 0.29) is 17.7 Å². The molecular formula is C20H28N2O4. The number of carbonyl (C=O) groups is 3. The molecule has 1 fully saturated rings. The number of carboxylic acid groups (broad SMARTS) is 1. The minimum Gasteiger partial charge on any atom is -0.480 e. The Balaban J connectivity index is 2.20. The van der Waals surface area contributed by atoms with Crippen molar-refractivity contribution in [2.45, 2.75) is 58.0 Å². The number of hydrogen-bond acceptors (Lipinski definition) is 3. The number of nitrogens with zero attached hydrogens (tertiary/aromatic N) is 1. The van der Waals surface area contributed by atoms with Crippen molar-refractivity contribution in [3.05, 3.63) is 35.9 Å². The molecule has 1 aliphatic rings. The summed E-state index contributed by atoms with van der Waals surface area (Å²) in [6.45, 7) is 5.63. The van der Waals surface area contributed by atoms with Gasteiger partial charge >= 0.3 is 5.97 Å². The summed E-state index contributed by atoms with van der Waals surface area (Å²) in [4.78, 5) is 38.1. The first kappa shape index (κ1) is 19.9. The van der Waals surface area contributed by atoms with E-state index in [4.69, 9.17) is 0 Å². The fourth-order valence-electron chi connectivity index (χ4n) is 3.78. The molecule has 6 nitrogen and oxygen atoms in total. The zero-order valence-electron chi connectivity index (χ0n) is 15.7. The maximum atomic E-state index is 13.2. The third kappa shape index (κ3) is 4.06. The fourth-order valence-corrected chi connectivity index (χ4v) is 3.78. The Morgan fingerprint density at radius 1 is 1.31 bits per heavy atom. The number of aliphatic carboxylic acids is 1. The van der Waals surface area contributed by atoms with Crippen molar-refractivity contribution in [2.24, 2.45) is 5.92 Å². The number of carboxylic acids is 1. The van der Waals surface area contributed by atoms with Gasteiger partial charge in [0.2, 0.25) is 11.8 Å². The highest BCUT2D eigenvalue weighted by Gasteiger charge is 2.52. The van der Waals surface area contributed by atoms with E-state index in [0.29, 0.717) is 25.8 Å². The average Bonchev–Trinajstić information content (AvgIpc) is 2.92. The quantitative estimate of drug-likeness (QED) is 0.744. The molecule has 142 valence electrons. The standard InChI is InChI=1S/C20H28N2O4/c1-4-14(2)20(21-15(3)23)12-13-22(19(20)26)17(18(24)25)11-10-16-8-6-5-7-9-16/h5-9,14,17H,4,10-13H2,1-3H3,(H,21,23)(H,24,25)/t14-,17-,20-/m0/s1. The zero-order valence-corrected chi connectivity index (χ0v) is 15.7. The summed E-state index contributed by atoms with van der Waals surface area (Å²) in [5.74, 6) is -1.61. The Morgan fingerprint density at radius 2 is 1.96 bits per heavy atom.